The van der Waals surface area contributed by atoms with Gasteiger partial charge in [-0.1, -0.05) is 17.7 Å². The Balaban J connectivity index is 2.30. The monoisotopic (exact) mass is 426 g/mol. The van der Waals surface area contributed by atoms with Crippen molar-refractivity contribution in [2.75, 3.05) is 10.6 Å². The van der Waals surface area contributed by atoms with Crippen LogP contribution in [-0.4, -0.2) is 5.11 Å². The van der Waals surface area contributed by atoms with Gasteiger partial charge in [0.1, 0.15) is 5.69 Å². The van der Waals surface area contributed by atoms with Crippen molar-refractivity contribution in [3.05, 3.63) is 56.5 Å². The van der Waals surface area contributed by atoms with E-state index in [0.717, 1.165) is 0 Å². The number of halogens is 6. The number of rotatable bonds is 2. The van der Waals surface area contributed by atoms with Crippen molar-refractivity contribution in [2.24, 2.45) is 0 Å². The van der Waals surface area contributed by atoms with E-state index in [1.54, 1.807) is 25.1 Å². The Morgan fingerprint density at radius 2 is 1.61 bits per heavy atom. The first-order chi connectivity index (χ1) is 10.7. The summed E-state index contributed by atoms with van der Waals surface area (Å²) in [6.45, 7) is 1.70. The van der Waals surface area contributed by atoms with Gasteiger partial charge in [-0.25, -0.2) is 17.6 Å². The molecule has 0 aliphatic heterocycles. The van der Waals surface area contributed by atoms with E-state index in [0.29, 0.717) is 16.3 Å². The SMILES string of the molecule is Cc1c(Cl)cccc1NC(=S)Nc1c(F)c(F)c(Br)c(F)c1F. The van der Waals surface area contributed by atoms with Crippen molar-refractivity contribution >= 4 is 56.2 Å². The van der Waals surface area contributed by atoms with E-state index in [1.807, 2.05) is 0 Å². The molecule has 122 valence electrons. The molecule has 0 saturated heterocycles. The van der Waals surface area contributed by atoms with Crippen LogP contribution in [0.1, 0.15) is 5.56 Å². The van der Waals surface area contributed by atoms with Crippen molar-refractivity contribution in [1.29, 1.82) is 0 Å². The fourth-order valence-corrected chi connectivity index (χ4v) is 2.46. The molecule has 9 heteroatoms. The third-order valence-corrected chi connectivity index (χ3v) is 4.27. The highest BCUT2D eigenvalue weighted by Gasteiger charge is 2.24. The number of anilines is 2. The first-order valence-corrected chi connectivity index (χ1v) is 7.66. The number of hydrogen-bond acceptors (Lipinski definition) is 1. The molecule has 0 aromatic heterocycles. The molecule has 0 bridgehead atoms. The summed E-state index contributed by atoms with van der Waals surface area (Å²) in [6.07, 6.45) is 0. The predicted octanol–water partition coefficient (Wildman–Crippen LogP) is 5.78. The van der Waals surface area contributed by atoms with Crippen molar-refractivity contribution in [3.8, 4) is 0 Å². The zero-order chi connectivity index (χ0) is 17.3. The van der Waals surface area contributed by atoms with Gasteiger partial charge in [-0.15, -0.1) is 0 Å². The molecule has 0 radical (unpaired) electrons. The molecule has 0 saturated carbocycles. The summed E-state index contributed by atoms with van der Waals surface area (Å²) in [5, 5.41) is 4.96. The van der Waals surface area contributed by atoms with Crippen LogP contribution in [0.15, 0.2) is 22.7 Å². The van der Waals surface area contributed by atoms with Gasteiger partial charge in [0.25, 0.3) is 0 Å². The molecule has 23 heavy (non-hydrogen) atoms. The van der Waals surface area contributed by atoms with Crippen LogP contribution in [0.2, 0.25) is 5.02 Å². The van der Waals surface area contributed by atoms with Gasteiger partial charge in [0.15, 0.2) is 28.4 Å². The van der Waals surface area contributed by atoms with Crippen molar-refractivity contribution < 1.29 is 17.6 Å². The zero-order valence-corrected chi connectivity index (χ0v) is 14.6. The second-order valence-electron chi connectivity index (χ2n) is 4.44. The minimum atomic E-state index is -1.59. The highest BCUT2D eigenvalue weighted by Crippen LogP contribution is 2.31. The molecule has 2 rings (SSSR count). The maximum absolute atomic E-state index is 13.8. The minimum absolute atomic E-state index is 0.255. The van der Waals surface area contributed by atoms with Gasteiger partial charge in [-0.2, -0.15) is 0 Å². The molecule has 2 aromatic rings. The lowest BCUT2D eigenvalue weighted by Crippen LogP contribution is -2.22. The average Bonchev–Trinajstić information content (AvgIpc) is 2.52. The van der Waals surface area contributed by atoms with Gasteiger partial charge in [0.05, 0.1) is 4.47 Å². The Kier molecular flexibility index (Phi) is 5.49. The quantitative estimate of drug-likeness (QED) is 0.275. The van der Waals surface area contributed by atoms with E-state index >= 15 is 0 Å². The number of hydrogen-bond donors (Lipinski definition) is 2. The molecule has 2 N–H and O–H groups in total. The third-order valence-electron chi connectivity index (χ3n) is 2.96. The minimum Gasteiger partial charge on any atom is -0.332 e. The highest BCUT2D eigenvalue weighted by atomic mass is 79.9. The molecule has 0 spiro atoms. The van der Waals surface area contributed by atoms with E-state index in [2.05, 4.69) is 26.6 Å². The summed E-state index contributed by atoms with van der Waals surface area (Å²) in [7, 11) is 0. The fraction of sp³-hybridized carbons (Fsp3) is 0.0714. The topological polar surface area (TPSA) is 24.1 Å². The third kappa shape index (κ3) is 3.59. The van der Waals surface area contributed by atoms with Crippen LogP contribution < -0.4 is 10.6 Å². The van der Waals surface area contributed by atoms with Crippen LogP contribution in [0.5, 0.6) is 0 Å². The number of nitrogens with one attached hydrogen (secondary N) is 2. The van der Waals surface area contributed by atoms with E-state index in [-0.39, 0.29) is 5.11 Å². The summed E-state index contributed by atoms with van der Waals surface area (Å²) in [5.41, 5.74) is 0.0988. The molecule has 2 nitrogen and oxygen atoms in total. The van der Waals surface area contributed by atoms with Crippen molar-refractivity contribution in [3.63, 3.8) is 0 Å². The molecule has 0 aliphatic rings. The van der Waals surface area contributed by atoms with Crippen LogP contribution in [0.4, 0.5) is 28.9 Å². The molecule has 0 fully saturated rings. The molecule has 0 unspecified atom stereocenters. The lowest BCUT2D eigenvalue weighted by molar-refractivity contribution is 0.452. The lowest BCUT2D eigenvalue weighted by atomic mass is 10.2. The zero-order valence-electron chi connectivity index (χ0n) is 11.4. The highest BCUT2D eigenvalue weighted by molar-refractivity contribution is 9.10. The molecule has 0 amide bonds. The second kappa shape index (κ2) is 7.02. The van der Waals surface area contributed by atoms with E-state index in [1.165, 1.54) is 0 Å². The summed E-state index contributed by atoms with van der Waals surface area (Å²) in [4.78, 5) is 0. The Labute approximate surface area is 148 Å². The summed E-state index contributed by atoms with van der Waals surface area (Å²) in [6, 6.07) is 4.92. The second-order valence-corrected chi connectivity index (χ2v) is 6.04. The normalized spacial score (nSPS) is 10.6. The van der Waals surface area contributed by atoms with Crippen LogP contribution in [0, 0.1) is 30.2 Å². The first-order valence-electron chi connectivity index (χ1n) is 6.08. The van der Waals surface area contributed by atoms with Gasteiger partial charge in [0, 0.05) is 10.7 Å². The van der Waals surface area contributed by atoms with E-state index in [4.69, 9.17) is 23.8 Å². The van der Waals surface area contributed by atoms with Gasteiger partial charge >= 0.3 is 0 Å². The Hall–Kier alpha value is -1.38. The molecule has 2 aromatic carbocycles. The lowest BCUT2D eigenvalue weighted by Gasteiger charge is -2.15. The molecule has 0 atom stereocenters. The Bertz CT molecular complexity index is 772. The van der Waals surface area contributed by atoms with Crippen LogP contribution in [0.25, 0.3) is 0 Å². The van der Waals surface area contributed by atoms with Crippen molar-refractivity contribution in [1.82, 2.24) is 0 Å². The van der Waals surface area contributed by atoms with E-state index in [9.17, 15) is 17.6 Å². The molecular formula is C14H8BrClF4N2S. The largest absolute Gasteiger partial charge is 0.332 e. The molecule has 0 aliphatic carbocycles. The predicted molar refractivity (Wildman–Crippen MR) is 90.0 cm³/mol. The maximum atomic E-state index is 13.8. The van der Waals surface area contributed by atoms with E-state index < -0.39 is 33.4 Å². The van der Waals surface area contributed by atoms with Gasteiger partial charge in [-0.05, 0) is 52.8 Å². The Morgan fingerprint density at radius 3 is 2.17 bits per heavy atom. The number of thiocarbonyl (C=S) groups is 1. The standard InChI is InChI=1S/C14H8BrClF4N2S/c1-5-6(16)3-2-4-7(5)21-14(23)22-13-11(19)9(17)8(15)10(18)12(13)20/h2-4H,1H3,(H2,21,22,23). The summed E-state index contributed by atoms with van der Waals surface area (Å²) in [5.74, 6) is -6.31. The van der Waals surface area contributed by atoms with Gasteiger partial charge in [-0.3, -0.25) is 0 Å². The Morgan fingerprint density at radius 1 is 1.04 bits per heavy atom. The van der Waals surface area contributed by atoms with Crippen LogP contribution in [0.3, 0.4) is 0 Å². The molecule has 0 heterocycles. The smallest absolute Gasteiger partial charge is 0.186 e. The van der Waals surface area contributed by atoms with Gasteiger partial charge < -0.3 is 10.6 Å². The van der Waals surface area contributed by atoms with Gasteiger partial charge in [0.2, 0.25) is 0 Å². The first kappa shape index (κ1) is 18.0. The molecular weight excluding hydrogens is 420 g/mol. The number of benzene rings is 2. The van der Waals surface area contributed by atoms with Crippen LogP contribution >= 0.6 is 39.7 Å². The maximum Gasteiger partial charge on any atom is 0.186 e. The fourth-order valence-electron chi connectivity index (χ4n) is 1.72. The summed E-state index contributed by atoms with van der Waals surface area (Å²) >= 11 is 13.3. The van der Waals surface area contributed by atoms with Crippen LogP contribution in [-0.2, 0) is 0 Å². The average molecular weight is 428 g/mol. The van der Waals surface area contributed by atoms with Crippen molar-refractivity contribution in [2.45, 2.75) is 6.92 Å². The summed E-state index contributed by atoms with van der Waals surface area (Å²) < 4.78 is 53.6.